The quantitative estimate of drug-likeness (QED) is 0.842. The van der Waals surface area contributed by atoms with E-state index in [0.717, 1.165) is 0 Å². The molecule has 0 spiro atoms. The van der Waals surface area contributed by atoms with E-state index in [2.05, 4.69) is 0 Å². The molecule has 0 heterocycles. The fraction of sp³-hybridized carbons (Fsp3) is 0.176. The third kappa shape index (κ3) is 3.62. The molecule has 1 atom stereocenters. The van der Waals surface area contributed by atoms with Gasteiger partial charge in [-0.15, -0.1) is 0 Å². The highest BCUT2D eigenvalue weighted by Gasteiger charge is 2.55. The Morgan fingerprint density at radius 1 is 0.917 bits per heavy atom. The van der Waals surface area contributed by atoms with Crippen molar-refractivity contribution < 1.29 is 27.9 Å². The van der Waals surface area contributed by atoms with Crippen molar-refractivity contribution in [1.29, 1.82) is 0 Å². The van der Waals surface area contributed by atoms with Crippen LogP contribution in [0.1, 0.15) is 22.8 Å². The molecule has 2 aromatic rings. The zero-order valence-electron chi connectivity index (χ0n) is 12.6. The van der Waals surface area contributed by atoms with Crippen LogP contribution in [0.2, 0.25) is 0 Å². The van der Waals surface area contributed by atoms with E-state index in [1.807, 2.05) is 5.32 Å². The monoisotopic (exact) mass is 337 g/mol. The predicted molar refractivity (Wildman–Crippen MR) is 81.6 cm³/mol. The van der Waals surface area contributed by atoms with Crippen molar-refractivity contribution in [2.24, 2.45) is 0 Å². The maximum Gasteiger partial charge on any atom is 0.426 e. The first-order chi connectivity index (χ1) is 11.1. The second kappa shape index (κ2) is 6.45. The van der Waals surface area contributed by atoms with E-state index in [4.69, 9.17) is 0 Å². The van der Waals surface area contributed by atoms with Gasteiger partial charge in [-0.3, -0.25) is 9.59 Å². The van der Waals surface area contributed by atoms with Crippen LogP contribution >= 0.6 is 0 Å². The number of rotatable bonds is 4. The van der Waals surface area contributed by atoms with Gasteiger partial charge in [-0.2, -0.15) is 13.2 Å². The minimum absolute atomic E-state index is 0.0362. The lowest BCUT2D eigenvalue weighted by atomic mass is 10.0. The molecule has 0 saturated carbocycles. The average molecular weight is 337 g/mol. The molecule has 7 heteroatoms. The van der Waals surface area contributed by atoms with Crippen molar-refractivity contribution in [3.63, 3.8) is 0 Å². The number of benzene rings is 2. The van der Waals surface area contributed by atoms with E-state index in [9.17, 15) is 27.9 Å². The van der Waals surface area contributed by atoms with Crippen LogP contribution in [0.5, 0.6) is 0 Å². The number of ketones is 1. The van der Waals surface area contributed by atoms with Crippen LogP contribution in [0.15, 0.2) is 54.6 Å². The van der Waals surface area contributed by atoms with E-state index in [0.29, 0.717) is 18.1 Å². The Morgan fingerprint density at radius 2 is 1.42 bits per heavy atom. The number of halogens is 3. The summed E-state index contributed by atoms with van der Waals surface area (Å²) in [5.74, 6) is -1.85. The Bertz CT molecular complexity index is 738. The lowest BCUT2D eigenvalue weighted by Gasteiger charge is -2.24. The third-order valence-electron chi connectivity index (χ3n) is 3.44. The van der Waals surface area contributed by atoms with E-state index < -0.39 is 17.7 Å². The molecule has 126 valence electrons. The highest BCUT2D eigenvalue weighted by molar-refractivity contribution is 6.09. The molecule has 0 fully saturated rings. The van der Waals surface area contributed by atoms with Crippen molar-refractivity contribution in [2.45, 2.75) is 18.7 Å². The van der Waals surface area contributed by atoms with Gasteiger partial charge in [0.2, 0.25) is 5.60 Å². The van der Waals surface area contributed by atoms with Gasteiger partial charge >= 0.3 is 6.18 Å². The molecule has 0 aliphatic heterocycles. The first kappa shape index (κ1) is 17.7. The normalized spacial score (nSPS) is 13.9. The minimum atomic E-state index is -5.10. The number of hydrogen-bond donors (Lipinski definition) is 2. The smallest absolute Gasteiger partial charge is 0.373 e. The topological polar surface area (TPSA) is 66.4 Å². The van der Waals surface area contributed by atoms with Crippen LogP contribution in [0.25, 0.3) is 0 Å². The van der Waals surface area contributed by atoms with Gasteiger partial charge in [-0.25, -0.2) is 0 Å². The Labute approximate surface area is 135 Å². The minimum Gasteiger partial charge on any atom is -0.373 e. The number of hydrogen-bond acceptors (Lipinski definition) is 3. The highest BCUT2D eigenvalue weighted by Crippen LogP contribution is 2.31. The molecule has 0 aromatic heterocycles. The van der Waals surface area contributed by atoms with E-state index in [-0.39, 0.29) is 11.5 Å². The van der Waals surface area contributed by atoms with Gasteiger partial charge in [0, 0.05) is 16.8 Å². The summed E-state index contributed by atoms with van der Waals surface area (Å²) in [6.07, 6.45) is -5.10. The first-order valence-electron chi connectivity index (χ1n) is 6.93. The summed E-state index contributed by atoms with van der Waals surface area (Å²) in [6, 6.07) is 13.8. The van der Waals surface area contributed by atoms with Gasteiger partial charge < -0.3 is 10.4 Å². The Kier molecular flexibility index (Phi) is 4.75. The standard InChI is InChI=1S/C17H14F3NO3/c1-16(24,17(18,19)20)15(23)21-13-9-7-12(8-10-13)14(22)11-5-3-2-4-6-11/h2-10,24H,1H3,(H,21,23). The maximum absolute atomic E-state index is 12.6. The molecule has 24 heavy (non-hydrogen) atoms. The third-order valence-corrected chi connectivity index (χ3v) is 3.44. The number of carbonyl (C=O) groups excluding carboxylic acids is 2. The van der Waals surface area contributed by atoms with E-state index in [1.165, 1.54) is 24.3 Å². The van der Waals surface area contributed by atoms with Gasteiger partial charge in [0.15, 0.2) is 5.78 Å². The Morgan fingerprint density at radius 3 is 1.92 bits per heavy atom. The molecular formula is C17H14F3NO3. The Hall–Kier alpha value is -2.67. The lowest BCUT2D eigenvalue weighted by molar-refractivity contribution is -0.242. The van der Waals surface area contributed by atoms with Gasteiger partial charge in [-0.1, -0.05) is 30.3 Å². The number of amides is 1. The molecule has 0 bridgehead atoms. The number of carbonyl (C=O) groups is 2. The molecule has 2 aromatic carbocycles. The highest BCUT2D eigenvalue weighted by atomic mass is 19.4. The lowest BCUT2D eigenvalue weighted by Crippen LogP contribution is -2.52. The molecule has 2 rings (SSSR count). The summed E-state index contributed by atoms with van der Waals surface area (Å²) in [5.41, 5.74) is -2.68. The van der Waals surface area contributed by atoms with Crippen molar-refractivity contribution in [3.05, 3.63) is 65.7 Å². The summed E-state index contributed by atoms with van der Waals surface area (Å²) < 4.78 is 37.8. The van der Waals surface area contributed by atoms with Crippen molar-refractivity contribution in [1.82, 2.24) is 0 Å². The zero-order valence-corrected chi connectivity index (χ0v) is 12.6. The molecule has 0 radical (unpaired) electrons. The molecule has 0 aliphatic carbocycles. The SMILES string of the molecule is CC(O)(C(=O)Nc1ccc(C(=O)c2ccccc2)cc1)C(F)(F)F. The van der Waals surface area contributed by atoms with Crippen LogP contribution in [-0.4, -0.2) is 28.6 Å². The van der Waals surface area contributed by atoms with Gasteiger partial charge in [0.25, 0.3) is 5.91 Å². The van der Waals surface area contributed by atoms with Gasteiger partial charge in [-0.05, 0) is 31.2 Å². The van der Waals surface area contributed by atoms with Crippen molar-refractivity contribution in [2.75, 3.05) is 5.32 Å². The van der Waals surface area contributed by atoms with E-state index in [1.54, 1.807) is 30.3 Å². The molecule has 2 N–H and O–H groups in total. The molecule has 0 saturated heterocycles. The van der Waals surface area contributed by atoms with Crippen LogP contribution < -0.4 is 5.32 Å². The van der Waals surface area contributed by atoms with Crippen molar-refractivity contribution >= 4 is 17.4 Å². The molecule has 1 amide bonds. The number of alkyl halides is 3. The maximum atomic E-state index is 12.6. The zero-order chi connectivity index (χ0) is 18.0. The second-order valence-electron chi connectivity index (χ2n) is 5.30. The van der Waals surface area contributed by atoms with E-state index >= 15 is 0 Å². The van der Waals surface area contributed by atoms with Gasteiger partial charge in [0.1, 0.15) is 0 Å². The first-order valence-corrected chi connectivity index (χ1v) is 6.93. The van der Waals surface area contributed by atoms with Crippen LogP contribution in [0.4, 0.5) is 18.9 Å². The molecule has 1 unspecified atom stereocenters. The number of nitrogens with one attached hydrogen (secondary N) is 1. The van der Waals surface area contributed by atoms with Crippen LogP contribution in [0.3, 0.4) is 0 Å². The molecule has 4 nitrogen and oxygen atoms in total. The summed E-state index contributed by atoms with van der Waals surface area (Å²) in [7, 11) is 0. The predicted octanol–water partition coefficient (Wildman–Crippen LogP) is 3.17. The summed E-state index contributed by atoms with van der Waals surface area (Å²) in [4.78, 5) is 23.8. The number of aliphatic hydroxyl groups is 1. The average Bonchev–Trinajstić information content (AvgIpc) is 2.54. The number of anilines is 1. The summed E-state index contributed by atoms with van der Waals surface area (Å²) in [6.45, 7) is 0.371. The largest absolute Gasteiger partial charge is 0.426 e. The second-order valence-corrected chi connectivity index (χ2v) is 5.30. The summed E-state index contributed by atoms with van der Waals surface area (Å²) >= 11 is 0. The Balaban J connectivity index is 2.13. The summed E-state index contributed by atoms with van der Waals surface area (Å²) in [5, 5.41) is 11.3. The van der Waals surface area contributed by atoms with Crippen LogP contribution in [0, 0.1) is 0 Å². The molecule has 0 aliphatic rings. The van der Waals surface area contributed by atoms with Gasteiger partial charge in [0.05, 0.1) is 0 Å². The van der Waals surface area contributed by atoms with Crippen molar-refractivity contribution in [3.8, 4) is 0 Å². The fourth-order valence-corrected chi connectivity index (χ4v) is 1.84. The fourth-order valence-electron chi connectivity index (χ4n) is 1.84. The van der Waals surface area contributed by atoms with Crippen LogP contribution in [-0.2, 0) is 4.79 Å². The molecular weight excluding hydrogens is 323 g/mol.